The average Bonchev–Trinajstić information content (AvgIpc) is 2.33. The summed E-state index contributed by atoms with van der Waals surface area (Å²) in [5.41, 5.74) is 2.84. The largest absolute Gasteiger partial charge is 0.334 e. The highest BCUT2D eigenvalue weighted by molar-refractivity contribution is 6.33. The number of aromatic nitrogens is 2. The van der Waals surface area contributed by atoms with Gasteiger partial charge in [-0.25, -0.2) is 4.98 Å². The van der Waals surface area contributed by atoms with E-state index in [1.54, 1.807) is 6.33 Å². The first-order valence-corrected chi connectivity index (χ1v) is 3.44. The minimum atomic E-state index is 0.779. The van der Waals surface area contributed by atoms with E-state index >= 15 is 0 Å². The summed E-state index contributed by atoms with van der Waals surface area (Å²) in [6.45, 7) is 0. The maximum Gasteiger partial charge on any atom is 0.113 e. The fourth-order valence-corrected chi connectivity index (χ4v) is 1.14. The van der Waals surface area contributed by atoms with Crippen LogP contribution in [0.3, 0.4) is 0 Å². The number of hydrogen-bond donors (Lipinski definition) is 0. The SMILES string of the molecule is [B]c1ccc2ncn(C)c2c1. The third-order valence-electron chi connectivity index (χ3n) is 1.75. The van der Waals surface area contributed by atoms with Gasteiger partial charge >= 0.3 is 0 Å². The molecule has 0 aliphatic heterocycles. The van der Waals surface area contributed by atoms with Crippen LogP contribution in [0.4, 0.5) is 0 Å². The summed E-state index contributed by atoms with van der Waals surface area (Å²) in [6.07, 6.45) is 1.78. The number of rotatable bonds is 0. The standard InChI is InChI=1S/C8H7BN2/c1-11-5-10-7-3-2-6(9)4-8(7)11/h2-5H,1H3. The first kappa shape index (κ1) is 6.46. The molecule has 1 aromatic heterocycles. The molecule has 0 N–H and O–H groups in total. The van der Waals surface area contributed by atoms with Gasteiger partial charge in [0.05, 0.1) is 17.4 Å². The molecule has 0 atom stereocenters. The zero-order chi connectivity index (χ0) is 7.84. The minimum absolute atomic E-state index is 0.779. The van der Waals surface area contributed by atoms with E-state index in [1.165, 1.54) is 0 Å². The number of imidazole rings is 1. The molecule has 11 heavy (non-hydrogen) atoms. The van der Waals surface area contributed by atoms with Crippen LogP contribution in [-0.2, 0) is 7.05 Å². The van der Waals surface area contributed by atoms with Crippen LogP contribution in [-0.4, -0.2) is 17.4 Å². The zero-order valence-corrected chi connectivity index (χ0v) is 6.28. The van der Waals surface area contributed by atoms with Crippen molar-refractivity contribution >= 4 is 24.3 Å². The van der Waals surface area contributed by atoms with E-state index in [2.05, 4.69) is 4.98 Å². The van der Waals surface area contributed by atoms with E-state index in [4.69, 9.17) is 7.85 Å². The zero-order valence-electron chi connectivity index (χ0n) is 6.28. The number of hydrogen-bond acceptors (Lipinski definition) is 1. The van der Waals surface area contributed by atoms with E-state index in [0.717, 1.165) is 16.5 Å². The molecule has 0 amide bonds. The van der Waals surface area contributed by atoms with Gasteiger partial charge in [0.15, 0.2) is 0 Å². The second-order valence-corrected chi connectivity index (χ2v) is 2.60. The molecule has 0 saturated heterocycles. The van der Waals surface area contributed by atoms with Crippen LogP contribution in [0, 0.1) is 0 Å². The molecule has 0 unspecified atom stereocenters. The quantitative estimate of drug-likeness (QED) is 0.485. The summed E-state index contributed by atoms with van der Waals surface area (Å²) in [4.78, 5) is 4.17. The first-order valence-electron chi connectivity index (χ1n) is 3.44. The van der Waals surface area contributed by atoms with E-state index in [9.17, 15) is 0 Å². The van der Waals surface area contributed by atoms with Gasteiger partial charge in [0.25, 0.3) is 0 Å². The molecule has 1 heterocycles. The Labute approximate surface area is 66.3 Å². The summed E-state index contributed by atoms with van der Waals surface area (Å²) in [7, 11) is 7.56. The van der Waals surface area contributed by atoms with Crippen molar-refractivity contribution in [3.63, 3.8) is 0 Å². The summed E-state index contributed by atoms with van der Waals surface area (Å²) in [5, 5.41) is 0. The normalized spacial score (nSPS) is 10.6. The molecule has 0 spiro atoms. The van der Waals surface area contributed by atoms with Crippen molar-refractivity contribution in [1.82, 2.24) is 9.55 Å². The van der Waals surface area contributed by atoms with Crippen LogP contribution >= 0.6 is 0 Å². The molecule has 1 aromatic carbocycles. The molecule has 52 valence electrons. The average molecular weight is 142 g/mol. The third kappa shape index (κ3) is 0.927. The monoisotopic (exact) mass is 142 g/mol. The predicted molar refractivity (Wildman–Crippen MR) is 46.1 cm³/mol. The first-order chi connectivity index (χ1) is 5.27. The Morgan fingerprint density at radius 1 is 1.45 bits per heavy atom. The lowest BCUT2D eigenvalue weighted by Gasteiger charge is -1.94. The summed E-state index contributed by atoms with van der Waals surface area (Å²) in [5.74, 6) is 0. The van der Waals surface area contributed by atoms with Crippen LogP contribution in [0.2, 0.25) is 0 Å². The molecule has 2 rings (SSSR count). The Balaban J connectivity index is 2.87. The van der Waals surface area contributed by atoms with Gasteiger partial charge in [0, 0.05) is 7.05 Å². The number of benzene rings is 1. The van der Waals surface area contributed by atoms with Gasteiger partial charge in [-0.1, -0.05) is 11.5 Å². The predicted octanol–water partition coefficient (Wildman–Crippen LogP) is 0.367. The third-order valence-corrected chi connectivity index (χ3v) is 1.75. The molecule has 0 saturated carbocycles. The number of fused-ring (bicyclic) bond motifs is 1. The lowest BCUT2D eigenvalue weighted by molar-refractivity contribution is 0.948. The Morgan fingerprint density at radius 3 is 3.09 bits per heavy atom. The highest BCUT2D eigenvalue weighted by Gasteiger charge is 1.96. The summed E-state index contributed by atoms with van der Waals surface area (Å²) < 4.78 is 1.95. The van der Waals surface area contributed by atoms with Crippen LogP contribution in [0.25, 0.3) is 11.0 Å². The molecule has 3 heteroatoms. The van der Waals surface area contributed by atoms with E-state index < -0.39 is 0 Å². The molecule has 2 nitrogen and oxygen atoms in total. The summed E-state index contributed by atoms with van der Waals surface area (Å²) >= 11 is 0. The molecule has 2 radical (unpaired) electrons. The number of aryl methyl sites for hydroxylation is 1. The van der Waals surface area contributed by atoms with Gasteiger partial charge in [-0.05, 0) is 12.1 Å². The van der Waals surface area contributed by atoms with Crippen LogP contribution < -0.4 is 5.46 Å². The molecule has 2 aromatic rings. The lowest BCUT2D eigenvalue weighted by atomic mass is 9.96. The number of nitrogens with zero attached hydrogens (tertiary/aromatic N) is 2. The highest BCUT2D eigenvalue weighted by atomic mass is 15.0. The second-order valence-electron chi connectivity index (χ2n) is 2.60. The van der Waals surface area contributed by atoms with Gasteiger partial charge in [-0.15, -0.1) is 0 Å². The highest BCUT2D eigenvalue weighted by Crippen LogP contribution is 2.07. The van der Waals surface area contributed by atoms with E-state index in [1.807, 2.05) is 29.8 Å². The summed E-state index contributed by atoms with van der Waals surface area (Å²) in [6, 6.07) is 5.70. The Morgan fingerprint density at radius 2 is 2.27 bits per heavy atom. The van der Waals surface area contributed by atoms with Crippen molar-refractivity contribution in [2.75, 3.05) is 0 Å². The van der Waals surface area contributed by atoms with Gasteiger partial charge < -0.3 is 4.57 Å². The van der Waals surface area contributed by atoms with Gasteiger partial charge in [-0.2, -0.15) is 0 Å². The van der Waals surface area contributed by atoms with Gasteiger partial charge in [0.2, 0.25) is 0 Å². The molecule has 0 aliphatic rings. The minimum Gasteiger partial charge on any atom is -0.334 e. The van der Waals surface area contributed by atoms with Gasteiger partial charge in [0.1, 0.15) is 7.85 Å². The van der Waals surface area contributed by atoms with Crippen molar-refractivity contribution in [2.24, 2.45) is 7.05 Å². The van der Waals surface area contributed by atoms with Crippen molar-refractivity contribution in [1.29, 1.82) is 0 Å². The Bertz CT molecular complexity index is 392. The lowest BCUT2D eigenvalue weighted by Crippen LogP contribution is -2.00. The van der Waals surface area contributed by atoms with Crippen molar-refractivity contribution in [3.05, 3.63) is 24.5 Å². The molecule has 0 aliphatic carbocycles. The fourth-order valence-electron chi connectivity index (χ4n) is 1.14. The van der Waals surface area contributed by atoms with Crippen molar-refractivity contribution < 1.29 is 0 Å². The fraction of sp³-hybridized carbons (Fsp3) is 0.125. The maximum absolute atomic E-state index is 5.61. The van der Waals surface area contributed by atoms with E-state index in [0.29, 0.717) is 0 Å². The van der Waals surface area contributed by atoms with Gasteiger partial charge in [-0.3, -0.25) is 0 Å². The van der Waals surface area contributed by atoms with Crippen LogP contribution in [0.5, 0.6) is 0 Å². The van der Waals surface area contributed by atoms with Crippen molar-refractivity contribution in [2.45, 2.75) is 0 Å². The smallest absolute Gasteiger partial charge is 0.113 e. The Hall–Kier alpha value is -1.25. The van der Waals surface area contributed by atoms with Crippen molar-refractivity contribution in [3.8, 4) is 0 Å². The molecule has 0 bridgehead atoms. The van der Waals surface area contributed by atoms with Crippen LogP contribution in [0.15, 0.2) is 24.5 Å². The van der Waals surface area contributed by atoms with Crippen LogP contribution in [0.1, 0.15) is 0 Å². The molecule has 0 fully saturated rings. The maximum atomic E-state index is 5.61. The molecular formula is C8H7BN2. The Kier molecular flexibility index (Phi) is 1.25. The van der Waals surface area contributed by atoms with E-state index in [-0.39, 0.29) is 0 Å². The topological polar surface area (TPSA) is 17.8 Å². The second kappa shape index (κ2) is 2.12. The molecular weight excluding hydrogens is 135 g/mol.